The van der Waals surface area contributed by atoms with Crippen LogP contribution in [0.2, 0.25) is 0 Å². The Labute approximate surface area is 114 Å². The van der Waals surface area contributed by atoms with Crippen LogP contribution in [0, 0.1) is 0 Å². The molecule has 0 amide bonds. The summed E-state index contributed by atoms with van der Waals surface area (Å²) in [5, 5.41) is 0. The fourth-order valence-corrected chi connectivity index (χ4v) is 2.57. The van der Waals surface area contributed by atoms with Gasteiger partial charge in [0.25, 0.3) is 0 Å². The van der Waals surface area contributed by atoms with Crippen molar-refractivity contribution in [3.63, 3.8) is 0 Å². The van der Waals surface area contributed by atoms with E-state index in [1.807, 2.05) is 6.92 Å². The first kappa shape index (κ1) is 14.2. The van der Waals surface area contributed by atoms with Crippen LogP contribution in [0.3, 0.4) is 0 Å². The minimum absolute atomic E-state index is 0.0566. The van der Waals surface area contributed by atoms with Gasteiger partial charge in [-0.1, -0.05) is 6.92 Å². The van der Waals surface area contributed by atoms with Crippen LogP contribution in [0.5, 0.6) is 11.5 Å². The number of rotatable bonds is 4. The van der Waals surface area contributed by atoms with Crippen molar-refractivity contribution < 1.29 is 14.2 Å². The Hall–Kier alpha value is -1.26. The van der Waals surface area contributed by atoms with Crippen molar-refractivity contribution in [2.45, 2.75) is 38.8 Å². The molecule has 106 valence electrons. The van der Waals surface area contributed by atoms with Gasteiger partial charge in [-0.25, -0.2) is 0 Å². The van der Waals surface area contributed by atoms with E-state index >= 15 is 0 Å². The van der Waals surface area contributed by atoms with Crippen molar-refractivity contribution in [3.8, 4) is 11.5 Å². The summed E-state index contributed by atoms with van der Waals surface area (Å²) < 4.78 is 16.7. The first-order valence-electron chi connectivity index (χ1n) is 6.70. The molecule has 0 fully saturated rings. The Morgan fingerprint density at radius 3 is 2.53 bits per heavy atom. The van der Waals surface area contributed by atoms with E-state index in [0.29, 0.717) is 6.61 Å². The number of nitrogens with two attached hydrogens (primary N) is 1. The number of benzene rings is 1. The lowest BCUT2D eigenvalue weighted by molar-refractivity contribution is 0.107. The lowest BCUT2D eigenvalue weighted by atomic mass is 9.88. The third kappa shape index (κ3) is 2.55. The second-order valence-electron chi connectivity index (χ2n) is 5.11. The summed E-state index contributed by atoms with van der Waals surface area (Å²) in [6, 6.07) is 2.12. The van der Waals surface area contributed by atoms with E-state index in [2.05, 4.69) is 13.0 Å². The molecule has 1 heterocycles. The summed E-state index contributed by atoms with van der Waals surface area (Å²) in [5.41, 5.74) is 9.43. The van der Waals surface area contributed by atoms with E-state index in [9.17, 15) is 0 Å². The molecule has 0 aliphatic carbocycles. The quantitative estimate of drug-likeness (QED) is 0.907. The molecule has 0 bridgehead atoms. The highest BCUT2D eigenvalue weighted by Crippen LogP contribution is 2.40. The molecule has 19 heavy (non-hydrogen) atoms. The third-order valence-electron chi connectivity index (χ3n) is 3.93. The van der Waals surface area contributed by atoms with E-state index in [-0.39, 0.29) is 12.0 Å². The number of fused-ring (bicyclic) bond motifs is 1. The lowest BCUT2D eigenvalue weighted by Gasteiger charge is -2.27. The van der Waals surface area contributed by atoms with Gasteiger partial charge in [-0.15, -0.1) is 0 Å². The molecule has 2 rings (SSSR count). The average Bonchev–Trinajstić information content (AvgIpc) is 2.44. The Morgan fingerprint density at radius 1 is 1.21 bits per heavy atom. The monoisotopic (exact) mass is 265 g/mol. The van der Waals surface area contributed by atoms with E-state index in [4.69, 9.17) is 19.9 Å². The molecule has 0 radical (unpaired) electrons. The zero-order valence-corrected chi connectivity index (χ0v) is 12.2. The predicted octanol–water partition coefficient (Wildman–Crippen LogP) is 2.23. The van der Waals surface area contributed by atoms with Gasteiger partial charge < -0.3 is 19.9 Å². The minimum Gasteiger partial charge on any atom is -0.496 e. The molecule has 0 saturated heterocycles. The van der Waals surface area contributed by atoms with E-state index < -0.39 is 0 Å². The summed E-state index contributed by atoms with van der Waals surface area (Å²) >= 11 is 0. The molecule has 4 heteroatoms. The Bertz CT molecular complexity index is 457. The second-order valence-corrected chi connectivity index (χ2v) is 5.11. The molecule has 1 aromatic carbocycles. The Kier molecular flexibility index (Phi) is 4.32. The molecule has 2 N–H and O–H groups in total. The molecule has 0 aromatic heterocycles. The lowest BCUT2D eigenvalue weighted by Crippen LogP contribution is -2.24. The fourth-order valence-electron chi connectivity index (χ4n) is 2.57. The number of ether oxygens (including phenoxy) is 3. The molecular formula is C15H23NO3. The number of methoxy groups -OCH3 is 2. The predicted molar refractivity (Wildman–Crippen MR) is 75.0 cm³/mol. The highest BCUT2D eigenvalue weighted by molar-refractivity contribution is 5.55. The zero-order chi connectivity index (χ0) is 14.0. The average molecular weight is 265 g/mol. The van der Waals surface area contributed by atoms with E-state index in [1.54, 1.807) is 14.2 Å². The third-order valence-corrected chi connectivity index (χ3v) is 3.93. The summed E-state index contributed by atoms with van der Waals surface area (Å²) in [4.78, 5) is 0. The molecule has 1 aromatic rings. The van der Waals surface area contributed by atoms with E-state index in [0.717, 1.165) is 35.7 Å². The van der Waals surface area contributed by atoms with Gasteiger partial charge in [0.05, 0.1) is 27.4 Å². The minimum atomic E-state index is 0.0566. The van der Waals surface area contributed by atoms with Crippen LogP contribution < -0.4 is 15.2 Å². The van der Waals surface area contributed by atoms with Gasteiger partial charge in [-0.3, -0.25) is 0 Å². The standard InChI is InChI=1S/C15H23NO3/c1-9(10(2)16)12-7-14(17-3)11-5-6-19-8-13(11)15(12)18-4/h7,9-10H,5-6,8,16H2,1-4H3/t9-,10-/m0/s1. The van der Waals surface area contributed by atoms with Gasteiger partial charge in [0.15, 0.2) is 0 Å². The van der Waals surface area contributed by atoms with Gasteiger partial charge in [0.1, 0.15) is 11.5 Å². The molecule has 0 saturated carbocycles. The van der Waals surface area contributed by atoms with Crippen LogP contribution in [0.1, 0.15) is 36.5 Å². The van der Waals surface area contributed by atoms with Gasteiger partial charge in [-0.2, -0.15) is 0 Å². The number of hydrogen-bond donors (Lipinski definition) is 1. The molecule has 1 aliphatic heterocycles. The first-order valence-corrected chi connectivity index (χ1v) is 6.70. The van der Waals surface area contributed by atoms with Crippen LogP contribution in [0.15, 0.2) is 6.07 Å². The van der Waals surface area contributed by atoms with Crippen molar-refractivity contribution in [2.75, 3.05) is 20.8 Å². The molecular weight excluding hydrogens is 242 g/mol. The van der Waals surface area contributed by atoms with Gasteiger partial charge in [-0.05, 0) is 25.3 Å². The van der Waals surface area contributed by atoms with Crippen LogP contribution in [0.25, 0.3) is 0 Å². The van der Waals surface area contributed by atoms with Gasteiger partial charge in [0, 0.05) is 22.7 Å². The fraction of sp³-hybridized carbons (Fsp3) is 0.600. The van der Waals surface area contributed by atoms with Crippen molar-refractivity contribution >= 4 is 0 Å². The van der Waals surface area contributed by atoms with Gasteiger partial charge in [0.2, 0.25) is 0 Å². The first-order chi connectivity index (χ1) is 9.10. The summed E-state index contributed by atoms with van der Waals surface area (Å²) in [6.45, 7) is 5.42. The maximum atomic E-state index is 6.03. The molecule has 0 spiro atoms. The Balaban J connectivity index is 2.60. The van der Waals surface area contributed by atoms with Crippen LogP contribution in [-0.2, 0) is 17.8 Å². The summed E-state index contributed by atoms with van der Waals surface area (Å²) in [7, 11) is 3.41. The topological polar surface area (TPSA) is 53.7 Å². The zero-order valence-electron chi connectivity index (χ0n) is 12.2. The second kappa shape index (κ2) is 5.80. The highest BCUT2D eigenvalue weighted by Gasteiger charge is 2.25. The van der Waals surface area contributed by atoms with E-state index in [1.165, 1.54) is 5.56 Å². The smallest absolute Gasteiger partial charge is 0.128 e. The molecule has 2 atom stereocenters. The maximum absolute atomic E-state index is 6.03. The highest BCUT2D eigenvalue weighted by atomic mass is 16.5. The van der Waals surface area contributed by atoms with Crippen LogP contribution in [-0.4, -0.2) is 26.9 Å². The Morgan fingerprint density at radius 2 is 1.95 bits per heavy atom. The molecule has 0 unspecified atom stereocenters. The SMILES string of the molecule is COc1cc([C@@H](C)[C@H](C)N)c(OC)c2c1CCOC2. The number of hydrogen-bond acceptors (Lipinski definition) is 4. The summed E-state index contributed by atoms with van der Waals surface area (Å²) in [6.07, 6.45) is 0.863. The maximum Gasteiger partial charge on any atom is 0.128 e. The normalized spacial score (nSPS) is 17.5. The van der Waals surface area contributed by atoms with Crippen molar-refractivity contribution in [2.24, 2.45) is 5.73 Å². The largest absolute Gasteiger partial charge is 0.496 e. The van der Waals surface area contributed by atoms with Crippen LogP contribution in [0.4, 0.5) is 0 Å². The van der Waals surface area contributed by atoms with Gasteiger partial charge >= 0.3 is 0 Å². The van der Waals surface area contributed by atoms with Crippen molar-refractivity contribution in [1.82, 2.24) is 0 Å². The molecule has 1 aliphatic rings. The molecule has 4 nitrogen and oxygen atoms in total. The summed E-state index contributed by atoms with van der Waals surface area (Å²) in [5.74, 6) is 2.03. The van der Waals surface area contributed by atoms with Crippen LogP contribution >= 0.6 is 0 Å². The van der Waals surface area contributed by atoms with Crippen molar-refractivity contribution in [1.29, 1.82) is 0 Å². The van der Waals surface area contributed by atoms with Crippen molar-refractivity contribution in [3.05, 3.63) is 22.8 Å².